The van der Waals surface area contributed by atoms with Crippen LogP contribution in [0.15, 0.2) is 18.2 Å². The van der Waals surface area contributed by atoms with Crippen LogP contribution in [0.25, 0.3) is 0 Å². The van der Waals surface area contributed by atoms with E-state index in [4.69, 9.17) is 9.47 Å². The van der Waals surface area contributed by atoms with E-state index in [-0.39, 0.29) is 5.91 Å². The van der Waals surface area contributed by atoms with E-state index in [0.717, 1.165) is 63.6 Å². The number of para-hydroxylation sites is 1. The molecule has 0 aromatic heterocycles. The minimum atomic E-state index is 0.205. The predicted molar refractivity (Wildman–Crippen MR) is 90.1 cm³/mol. The number of carbonyl (C=O) groups is 1. The number of fused-ring (bicyclic) bond motifs is 1. The smallest absolute Gasteiger partial charge is 0.231 e. The van der Waals surface area contributed by atoms with Crippen LogP contribution in [0.5, 0.6) is 11.5 Å². The second kappa shape index (κ2) is 6.99. The highest BCUT2D eigenvalue weighted by Crippen LogP contribution is 2.36. The second-order valence-corrected chi connectivity index (χ2v) is 6.79. The maximum absolute atomic E-state index is 11.5. The number of carbonyl (C=O) groups excluding carboxylic acids is 1. The van der Waals surface area contributed by atoms with Gasteiger partial charge < -0.3 is 14.8 Å². The maximum atomic E-state index is 11.5. The average molecular weight is 331 g/mol. The van der Waals surface area contributed by atoms with Crippen LogP contribution in [0.1, 0.15) is 24.8 Å². The summed E-state index contributed by atoms with van der Waals surface area (Å²) in [7, 11) is 0. The summed E-state index contributed by atoms with van der Waals surface area (Å²) in [6.45, 7) is 6.32. The van der Waals surface area contributed by atoms with Gasteiger partial charge in [0, 0.05) is 57.3 Å². The zero-order valence-electron chi connectivity index (χ0n) is 14.0. The summed E-state index contributed by atoms with van der Waals surface area (Å²) in [5.41, 5.74) is 1.21. The minimum Gasteiger partial charge on any atom is -0.454 e. The summed E-state index contributed by atoms with van der Waals surface area (Å²) < 4.78 is 11.1. The molecule has 1 amide bonds. The lowest BCUT2D eigenvalue weighted by molar-refractivity contribution is -0.120. The van der Waals surface area contributed by atoms with Gasteiger partial charge in [-0.1, -0.05) is 12.1 Å². The molecule has 4 rings (SSSR count). The van der Waals surface area contributed by atoms with Crippen molar-refractivity contribution in [2.75, 3.05) is 39.5 Å². The van der Waals surface area contributed by atoms with E-state index in [1.807, 2.05) is 12.1 Å². The predicted octanol–water partition coefficient (Wildman–Crippen LogP) is 1.20. The van der Waals surface area contributed by atoms with Gasteiger partial charge in [-0.3, -0.25) is 14.6 Å². The lowest BCUT2D eigenvalue weighted by Gasteiger charge is -2.39. The van der Waals surface area contributed by atoms with Gasteiger partial charge in [0.15, 0.2) is 11.5 Å². The highest BCUT2D eigenvalue weighted by atomic mass is 16.7. The number of nitrogens with zero attached hydrogens (tertiary/aromatic N) is 2. The number of amides is 1. The van der Waals surface area contributed by atoms with E-state index >= 15 is 0 Å². The van der Waals surface area contributed by atoms with E-state index in [0.29, 0.717) is 19.3 Å². The largest absolute Gasteiger partial charge is 0.454 e. The molecule has 6 heteroatoms. The van der Waals surface area contributed by atoms with Crippen molar-refractivity contribution in [1.29, 1.82) is 0 Å². The summed E-state index contributed by atoms with van der Waals surface area (Å²) in [6, 6.07) is 6.67. The number of nitrogens with one attached hydrogen (secondary N) is 1. The molecule has 130 valence electrons. The van der Waals surface area contributed by atoms with E-state index in [9.17, 15) is 4.79 Å². The maximum Gasteiger partial charge on any atom is 0.231 e. The van der Waals surface area contributed by atoms with Crippen molar-refractivity contribution in [2.45, 2.75) is 31.8 Å². The Bertz CT molecular complexity index is 599. The Morgan fingerprint density at radius 1 is 1.12 bits per heavy atom. The lowest BCUT2D eigenvalue weighted by Crippen LogP contribution is -2.50. The normalized spacial score (nSPS) is 25.3. The molecule has 2 saturated heterocycles. The first kappa shape index (κ1) is 15.7. The molecule has 3 heterocycles. The van der Waals surface area contributed by atoms with Crippen molar-refractivity contribution < 1.29 is 14.3 Å². The van der Waals surface area contributed by atoms with E-state index in [1.54, 1.807) is 0 Å². The summed E-state index contributed by atoms with van der Waals surface area (Å²) in [6.07, 6.45) is 2.73. The van der Waals surface area contributed by atoms with E-state index in [1.165, 1.54) is 5.56 Å². The summed E-state index contributed by atoms with van der Waals surface area (Å²) in [5.74, 6) is 1.98. The molecule has 0 aliphatic carbocycles. The Morgan fingerprint density at radius 3 is 2.88 bits per heavy atom. The highest BCUT2D eigenvalue weighted by molar-refractivity contribution is 5.76. The van der Waals surface area contributed by atoms with Crippen molar-refractivity contribution in [1.82, 2.24) is 15.1 Å². The standard InChI is InChI=1S/C18H25N3O3/c22-17-5-4-15(6-7-19-17)21-10-8-20(9-11-21)12-14-2-1-3-16-18(14)24-13-23-16/h1-3,15H,4-13H2,(H,19,22)/t15-/m0/s1. The fourth-order valence-electron chi connectivity index (χ4n) is 3.92. The highest BCUT2D eigenvalue weighted by Gasteiger charge is 2.27. The third-order valence-electron chi connectivity index (χ3n) is 5.30. The number of rotatable bonds is 3. The average Bonchev–Trinajstić information content (AvgIpc) is 2.98. The van der Waals surface area contributed by atoms with Gasteiger partial charge in [0.2, 0.25) is 12.7 Å². The molecule has 0 unspecified atom stereocenters. The Hall–Kier alpha value is -1.79. The molecule has 1 N–H and O–H groups in total. The zero-order chi connectivity index (χ0) is 16.4. The third kappa shape index (κ3) is 3.35. The summed E-state index contributed by atoms with van der Waals surface area (Å²) in [4.78, 5) is 16.5. The molecule has 3 aliphatic rings. The Balaban J connectivity index is 1.32. The van der Waals surface area contributed by atoms with Crippen molar-refractivity contribution in [2.24, 2.45) is 0 Å². The van der Waals surface area contributed by atoms with Crippen molar-refractivity contribution in [3.63, 3.8) is 0 Å². The molecule has 1 aromatic rings. The molecule has 2 fully saturated rings. The fourth-order valence-corrected chi connectivity index (χ4v) is 3.92. The molecular formula is C18H25N3O3. The lowest BCUT2D eigenvalue weighted by atomic mass is 10.1. The molecule has 1 aromatic carbocycles. The van der Waals surface area contributed by atoms with Gasteiger partial charge in [-0.05, 0) is 18.9 Å². The molecule has 24 heavy (non-hydrogen) atoms. The molecule has 3 aliphatic heterocycles. The molecule has 6 nitrogen and oxygen atoms in total. The second-order valence-electron chi connectivity index (χ2n) is 6.79. The molecule has 1 atom stereocenters. The first-order chi connectivity index (χ1) is 11.8. The molecule has 0 saturated carbocycles. The van der Waals surface area contributed by atoms with Crippen LogP contribution in [-0.4, -0.2) is 61.3 Å². The number of hydrogen-bond acceptors (Lipinski definition) is 5. The van der Waals surface area contributed by atoms with Gasteiger partial charge in [-0.2, -0.15) is 0 Å². The van der Waals surface area contributed by atoms with Gasteiger partial charge in [0.1, 0.15) is 0 Å². The minimum absolute atomic E-state index is 0.205. The number of ether oxygens (including phenoxy) is 2. The number of benzene rings is 1. The molecule has 0 radical (unpaired) electrons. The molecular weight excluding hydrogens is 306 g/mol. The Labute approximate surface area is 142 Å². The van der Waals surface area contributed by atoms with Crippen LogP contribution in [-0.2, 0) is 11.3 Å². The molecule has 0 bridgehead atoms. The number of hydrogen-bond donors (Lipinski definition) is 1. The first-order valence-electron chi connectivity index (χ1n) is 8.90. The summed E-state index contributed by atoms with van der Waals surface area (Å²) >= 11 is 0. The quantitative estimate of drug-likeness (QED) is 0.902. The monoisotopic (exact) mass is 331 g/mol. The summed E-state index contributed by atoms with van der Waals surface area (Å²) in [5, 5.41) is 2.98. The fraction of sp³-hybridized carbons (Fsp3) is 0.611. The topological polar surface area (TPSA) is 54.0 Å². The van der Waals surface area contributed by atoms with Crippen LogP contribution in [0.4, 0.5) is 0 Å². The Kier molecular flexibility index (Phi) is 4.58. The van der Waals surface area contributed by atoms with Crippen LogP contribution < -0.4 is 14.8 Å². The van der Waals surface area contributed by atoms with Crippen molar-refractivity contribution in [3.05, 3.63) is 23.8 Å². The zero-order valence-corrected chi connectivity index (χ0v) is 14.0. The van der Waals surface area contributed by atoms with Gasteiger partial charge in [-0.15, -0.1) is 0 Å². The SMILES string of the molecule is O=C1CC[C@H](N2CCN(Cc3cccc4c3OCO4)CC2)CCN1. The van der Waals surface area contributed by atoms with Gasteiger partial charge in [-0.25, -0.2) is 0 Å². The van der Waals surface area contributed by atoms with Crippen molar-refractivity contribution in [3.8, 4) is 11.5 Å². The van der Waals surface area contributed by atoms with Crippen LogP contribution in [0.3, 0.4) is 0 Å². The van der Waals surface area contributed by atoms with Gasteiger partial charge >= 0.3 is 0 Å². The number of piperazine rings is 1. The van der Waals surface area contributed by atoms with Gasteiger partial charge in [0.05, 0.1) is 0 Å². The third-order valence-corrected chi connectivity index (χ3v) is 5.30. The molecule has 0 spiro atoms. The van der Waals surface area contributed by atoms with Crippen LogP contribution in [0, 0.1) is 0 Å². The first-order valence-corrected chi connectivity index (χ1v) is 8.90. The van der Waals surface area contributed by atoms with Crippen LogP contribution >= 0.6 is 0 Å². The van der Waals surface area contributed by atoms with Gasteiger partial charge in [0.25, 0.3) is 0 Å². The Morgan fingerprint density at radius 2 is 2.00 bits per heavy atom. The van der Waals surface area contributed by atoms with E-state index in [2.05, 4.69) is 21.2 Å². The van der Waals surface area contributed by atoms with Crippen LogP contribution in [0.2, 0.25) is 0 Å². The van der Waals surface area contributed by atoms with Crippen molar-refractivity contribution >= 4 is 5.91 Å². The van der Waals surface area contributed by atoms with E-state index < -0.39 is 0 Å².